The first-order chi connectivity index (χ1) is 23.6. The Bertz CT molecular complexity index is 906. The third-order valence-corrected chi connectivity index (χ3v) is 18.5. The highest BCUT2D eigenvalue weighted by molar-refractivity contribution is 9.09. The topological polar surface area (TPSA) is 6.48 Å². The number of hydrogen-bond donors (Lipinski definition) is 0. The van der Waals surface area contributed by atoms with Crippen molar-refractivity contribution in [1.82, 2.24) is 9.80 Å². The monoisotopic (exact) mass is 788 g/mol. The summed E-state index contributed by atoms with van der Waals surface area (Å²) in [6.45, 7) is 0. The molecule has 0 saturated heterocycles. The molecule has 0 bridgehead atoms. The lowest BCUT2D eigenvalue weighted by molar-refractivity contribution is -0.0460. The molecule has 48 heavy (non-hydrogen) atoms. The molecular formula is C44H74Br2N2. The zero-order chi connectivity index (χ0) is 32.5. The SMILES string of the molecule is BrC1CCCC(N(C2CCC(C3CCC(N(C4CCCC(Br)C4)C4CCCC5CCCCC54)CC3)CC2)C2CCCC3CCCCC32)C1. The first kappa shape index (κ1) is 35.9. The molecule has 10 atom stereocenters. The van der Waals surface area contributed by atoms with Crippen molar-refractivity contribution in [1.29, 1.82) is 0 Å². The average Bonchev–Trinajstić information content (AvgIpc) is 3.13. The largest absolute Gasteiger partial charge is 0.294 e. The molecule has 0 aromatic rings. The Morgan fingerprint density at radius 1 is 0.292 bits per heavy atom. The highest BCUT2D eigenvalue weighted by atomic mass is 79.9. The molecule has 2 nitrogen and oxygen atoms in total. The van der Waals surface area contributed by atoms with E-state index in [-0.39, 0.29) is 0 Å². The van der Waals surface area contributed by atoms with E-state index in [1.165, 1.54) is 128 Å². The van der Waals surface area contributed by atoms with E-state index in [1.54, 1.807) is 64.2 Å². The fourth-order valence-corrected chi connectivity index (χ4v) is 16.2. The molecule has 10 unspecified atom stereocenters. The molecule has 0 aromatic heterocycles. The van der Waals surface area contributed by atoms with Crippen LogP contribution in [0.2, 0.25) is 0 Å². The maximum Gasteiger partial charge on any atom is 0.0160 e. The number of alkyl halides is 2. The standard InChI is InChI=1S/C44H74Br2N2/c45-35-13-7-15-39(29-35)47(43-19-5-11-33-9-1-3-17-41(33)43)37-25-21-31(22-26-37)32-23-27-38(28-24-32)48(40-16-8-14-36(46)30-40)44-20-6-12-34-10-2-4-18-42(34)44/h31-44H,1-30H2. The molecule has 8 aliphatic rings. The Morgan fingerprint density at radius 2 is 0.667 bits per heavy atom. The van der Waals surface area contributed by atoms with Crippen LogP contribution in [0.15, 0.2) is 0 Å². The predicted molar refractivity (Wildman–Crippen MR) is 211 cm³/mol. The number of halogens is 2. The molecule has 0 aromatic carbocycles. The van der Waals surface area contributed by atoms with E-state index < -0.39 is 0 Å². The molecule has 0 radical (unpaired) electrons. The fraction of sp³-hybridized carbons (Fsp3) is 1.00. The van der Waals surface area contributed by atoms with Gasteiger partial charge in [-0.05, 0) is 151 Å². The van der Waals surface area contributed by atoms with Crippen LogP contribution in [0.1, 0.15) is 193 Å². The maximum atomic E-state index is 4.13. The second kappa shape index (κ2) is 16.9. The summed E-state index contributed by atoms with van der Waals surface area (Å²) in [4.78, 5) is 8.12. The van der Waals surface area contributed by atoms with E-state index in [0.29, 0.717) is 0 Å². The van der Waals surface area contributed by atoms with Crippen molar-refractivity contribution < 1.29 is 0 Å². The first-order valence-electron chi connectivity index (χ1n) is 22.5. The highest BCUT2D eigenvalue weighted by Crippen LogP contribution is 2.50. The Kier molecular flexibility index (Phi) is 12.6. The Hall–Kier alpha value is 0.880. The van der Waals surface area contributed by atoms with Gasteiger partial charge in [0.15, 0.2) is 0 Å². The number of nitrogens with zero attached hydrogens (tertiary/aromatic N) is 2. The summed E-state index contributed by atoms with van der Waals surface area (Å²) in [5.41, 5.74) is 0. The number of rotatable bonds is 7. The molecule has 0 heterocycles. The van der Waals surface area contributed by atoms with Crippen LogP contribution in [0.5, 0.6) is 0 Å². The van der Waals surface area contributed by atoms with Gasteiger partial charge in [-0.15, -0.1) is 0 Å². The van der Waals surface area contributed by atoms with Crippen molar-refractivity contribution in [3.63, 3.8) is 0 Å². The molecule has 0 aliphatic heterocycles. The summed E-state index contributed by atoms with van der Waals surface area (Å²) < 4.78 is 0. The van der Waals surface area contributed by atoms with Gasteiger partial charge in [-0.25, -0.2) is 0 Å². The van der Waals surface area contributed by atoms with Gasteiger partial charge in [-0.2, -0.15) is 0 Å². The van der Waals surface area contributed by atoms with Gasteiger partial charge in [0.1, 0.15) is 0 Å². The summed E-state index contributed by atoms with van der Waals surface area (Å²) in [5, 5.41) is 0. The van der Waals surface area contributed by atoms with Crippen molar-refractivity contribution >= 4 is 31.9 Å². The number of fused-ring (bicyclic) bond motifs is 2. The Morgan fingerprint density at radius 3 is 1.08 bits per heavy atom. The average molecular weight is 791 g/mol. The lowest BCUT2D eigenvalue weighted by Gasteiger charge is -2.55. The minimum absolute atomic E-state index is 0.766. The highest BCUT2D eigenvalue weighted by Gasteiger charge is 2.47. The van der Waals surface area contributed by atoms with Crippen LogP contribution >= 0.6 is 31.9 Å². The van der Waals surface area contributed by atoms with Gasteiger partial charge in [-0.3, -0.25) is 9.80 Å². The number of hydrogen-bond acceptors (Lipinski definition) is 2. The minimum atomic E-state index is 0.766. The summed E-state index contributed by atoms with van der Waals surface area (Å²) >= 11 is 8.26. The van der Waals surface area contributed by atoms with Crippen LogP contribution in [0, 0.1) is 35.5 Å². The van der Waals surface area contributed by atoms with Gasteiger partial charge >= 0.3 is 0 Å². The maximum absolute atomic E-state index is 4.13. The normalized spacial score (nSPS) is 47.8. The van der Waals surface area contributed by atoms with E-state index in [0.717, 1.165) is 81.4 Å². The summed E-state index contributed by atoms with van der Waals surface area (Å²) in [6.07, 6.45) is 45.2. The lowest BCUT2D eigenvalue weighted by Crippen LogP contribution is -2.57. The van der Waals surface area contributed by atoms with Gasteiger partial charge in [-0.1, -0.05) is 109 Å². The molecule has 0 amide bonds. The quantitative estimate of drug-likeness (QED) is 0.237. The molecule has 8 fully saturated rings. The van der Waals surface area contributed by atoms with Gasteiger partial charge in [0, 0.05) is 45.9 Å². The smallest absolute Gasteiger partial charge is 0.0160 e. The molecule has 8 rings (SSSR count). The first-order valence-corrected chi connectivity index (χ1v) is 24.3. The molecule has 0 spiro atoms. The fourth-order valence-electron chi connectivity index (χ4n) is 14.7. The zero-order valence-electron chi connectivity index (χ0n) is 30.9. The summed E-state index contributed by atoms with van der Waals surface area (Å²) in [6, 6.07) is 5.33. The van der Waals surface area contributed by atoms with E-state index in [1.807, 2.05) is 0 Å². The van der Waals surface area contributed by atoms with Crippen molar-refractivity contribution in [2.75, 3.05) is 0 Å². The van der Waals surface area contributed by atoms with Crippen LogP contribution in [-0.2, 0) is 0 Å². The molecule has 8 saturated carbocycles. The third-order valence-electron chi connectivity index (χ3n) is 16.8. The molecular weight excluding hydrogens is 716 g/mol. The van der Waals surface area contributed by atoms with Gasteiger partial charge in [0.05, 0.1) is 0 Å². The summed E-state index contributed by atoms with van der Waals surface area (Å²) in [7, 11) is 0. The Labute approximate surface area is 314 Å². The van der Waals surface area contributed by atoms with Crippen molar-refractivity contribution in [3.8, 4) is 0 Å². The second-order valence-electron chi connectivity index (χ2n) is 19.3. The van der Waals surface area contributed by atoms with Crippen LogP contribution in [-0.4, -0.2) is 55.7 Å². The van der Waals surface area contributed by atoms with E-state index >= 15 is 0 Å². The van der Waals surface area contributed by atoms with Gasteiger partial charge in [0.25, 0.3) is 0 Å². The third kappa shape index (κ3) is 8.03. The minimum Gasteiger partial charge on any atom is -0.294 e. The van der Waals surface area contributed by atoms with E-state index in [2.05, 4.69) is 41.7 Å². The van der Waals surface area contributed by atoms with Crippen LogP contribution in [0.3, 0.4) is 0 Å². The zero-order valence-corrected chi connectivity index (χ0v) is 34.1. The molecule has 8 aliphatic carbocycles. The second-order valence-corrected chi connectivity index (χ2v) is 21.9. The Balaban J connectivity index is 0.912. The van der Waals surface area contributed by atoms with Gasteiger partial charge in [0.2, 0.25) is 0 Å². The van der Waals surface area contributed by atoms with E-state index in [9.17, 15) is 0 Å². The van der Waals surface area contributed by atoms with Crippen molar-refractivity contribution in [2.45, 2.75) is 239 Å². The van der Waals surface area contributed by atoms with Crippen molar-refractivity contribution in [3.05, 3.63) is 0 Å². The molecule has 0 N–H and O–H groups in total. The van der Waals surface area contributed by atoms with Crippen LogP contribution in [0.4, 0.5) is 0 Å². The van der Waals surface area contributed by atoms with Crippen molar-refractivity contribution in [2.24, 2.45) is 35.5 Å². The molecule has 4 heteroatoms. The van der Waals surface area contributed by atoms with E-state index in [4.69, 9.17) is 0 Å². The van der Waals surface area contributed by atoms with Crippen LogP contribution in [0.25, 0.3) is 0 Å². The summed E-state index contributed by atoms with van der Waals surface area (Å²) in [5.74, 6) is 6.22. The molecule has 274 valence electrons. The van der Waals surface area contributed by atoms with Gasteiger partial charge < -0.3 is 0 Å². The predicted octanol–water partition coefficient (Wildman–Crippen LogP) is 12.8. The lowest BCUT2D eigenvalue weighted by atomic mass is 9.65. The van der Waals surface area contributed by atoms with Crippen LogP contribution < -0.4 is 0 Å².